The molecule has 0 saturated heterocycles. The minimum Gasteiger partial charge on any atom is -0.491 e. The highest BCUT2D eigenvalue weighted by Crippen LogP contribution is 2.12. The van der Waals surface area contributed by atoms with Gasteiger partial charge in [-0.2, -0.15) is 0 Å². The van der Waals surface area contributed by atoms with Crippen molar-refractivity contribution in [2.24, 2.45) is 4.99 Å². The topological polar surface area (TPSA) is 46.1 Å². The largest absolute Gasteiger partial charge is 0.491 e. The van der Waals surface area contributed by atoms with E-state index >= 15 is 0 Å². The van der Waals surface area contributed by atoms with Crippen LogP contribution in [0.3, 0.4) is 0 Å². The molecule has 0 fully saturated rings. The summed E-state index contributed by atoms with van der Waals surface area (Å²) in [6.45, 7) is 2.68. The van der Waals surface area contributed by atoms with E-state index in [4.69, 9.17) is 9.47 Å². The molecule has 0 atom stereocenters. The molecular formula is C20H27N3O2. The molecule has 0 aliphatic heterocycles. The number of nitrogens with zero attached hydrogens (tertiary/aromatic N) is 2. The fourth-order valence-corrected chi connectivity index (χ4v) is 2.44. The Labute approximate surface area is 150 Å². The zero-order valence-corrected chi connectivity index (χ0v) is 15.2. The van der Waals surface area contributed by atoms with Crippen LogP contribution in [-0.2, 0) is 17.8 Å². The Morgan fingerprint density at radius 1 is 1.00 bits per heavy atom. The highest BCUT2D eigenvalue weighted by atomic mass is 16.5. The highest BCUT2D eigenvalue weighted by Gasteiger charge is 2.06. The van der Waals surface area contributed by atoms with Gasteiger partial charge in [0.15, 0.2) is 5.96 Å². The number of ether oxygens (including phenoxy) is 2. The maximum Gasteiger partial charge on any atom is 0.193 e. The molecule has 2 rings (SSSR count). The van der Waals surface area contributed by atoms with E-state index in [1.807, 2.05) is 25.2 Å². The Kier molecular flexibility index (Phi) is 7.79. The van der Waals surface area contributed by atoms with Crippen LogP contribution in [0.5, 0.6) is 5.75 Å². The van der Waals surface area contributed by atoms with Gasteiger partial charge in [-0.1, -0.05) is 42.5 Å². The van der Waals surface area contributed by atoms with E-state index in [-0.39, 0.29) is 0 Å². The number of benzene rings is 2. The van der Waals surface area contributed by atoms with Gasteiger partial charge in [-0.3, -0.25) is 4.99 Å². The number of guanidine groups is 1. The molecule has 0 heterocycles. The first-order valence-electron chi connectivity index (χ1n) is 8.39. The quantitative estimate of drug-likeness (QED) is 0.456. The summed E-state index contributed by atoms with van der Waals surface area (Å²) in [5, 5.41) is 3.39. The first-order valence-corrected chi connectivity index (χ1v) is 8.39. The first-order chi connectivity index (χ1) is 12.2. The third-order valence-corrected chi connectivity index (χ3v) is 3.77. The van der Waals surface area contributed by atoms with Crippen LogP contribution in [0, 0.1) is 0 Å². The van der Waals surface area contributed by atoms with Gasteiger partial charge >= 0.3 is 0 Å². The van der Waals surface area contributed by atoms with E-state index in [1.54, 1.807) is 14.2 Å². The van der Waals surface area contributed by atoms with Crippen LogP contribution in [0.1, 0.15) is 11.1 Å². The van der Waals surface area contributed by atoms with Crippen LogP contribution < -0.4 is 10.1 Å². The van der Waals surface area contributed by atoms with Crippen molar-refractivity contribution >= 4 is 5.96 Å². The molecule has 0 radical (unpaired) electrons. The fourth-order valence-electron chi connectivity index (χ4n) is 2.44. The smallest absolute Gasteiger partial charge is 0.193 e. The van der Waals surface area contributed by atoms with Gasteiger partial charge in [-0.15, -0.1) is 0 Å². The molecule has 0 saturated carbocycles. The second kappa shape index (κ2) is 10.4. The van der Waals surface area contributed by atoms with Gasteiger partial charge in [0.2, 0.25) is 0 Å². The standard InChI is InChI=1S/C20H27N3O2/c1-21-20(23(2)16-18-7-5-4-6-8-18)22-15-17-9-11-19(12-10-17)25-14-13-24-3/h4-12H,13-16H2,1-3H3,(H,21,22). The maximum atomic E-state index is 5.58. The fraction of sp³-hybridized carbons (Fsp3) is 0.350. The number of methoxy groups -OCH3 is 1. The molecule has 0 unspecified atom stereocenters. The third-order valence-electron chi connectivity index (χ3n) is 3.77. The molecule has 134 valence electrons. The molecule has 0 aliphatic rings. The van der Waals surface area contributed by atoms with Crippen molar-refractivity contribution in [2.75, 3.05) is 34.4 Å². The van der Waals surface area contributed by atoms with Gasteiger partial charge < -0.3 is 19.7 Å². The predicted octanol–water partition coefficient (Wildman–Crippen LogP) is 2.92. The van der Waals surface area contributed by atoms with Crippen molar-refractivity contribution in [3.8, 4) is 5.75 Å². The third kappa shape index (κ3) is 6.47. The zero-order valence-electron chi connectivity index (χ0n) is 15.2. The van der Waals surface area contributed by atoms with Gasteiger partial charge in [0, 0.05) is 34.3 Å². The van der Waals surface area contributed by atoms with Crippen molar-refractivity contribution in [2.45, 2.75) is 13.1 Å². The van der Waals surface area contributed by atoms with Crippen LogP contribution in [0.15, 0.2) is 59.6 Å². The second-order valence-corrected chi connectivity index (χ2v) is 5.73. The molecule has 5 nitrogen and oxygen atoms in total. The van der Waals surface area contributed by atoms with E-state index in [0.717, 1.165) is 18.3 Å². The molecule has 1 N–H and O–H groups in total. The van der Waals surface area contributed by atoms with E-state index < -0.39 is 0 Å². The number of nitrogens with one attached hydrogen (secondary N) is 1. The van der Waals surface area contributed by atoms with E-state index in [2.05, 4.69) is 51.6 Å². The van der Waals surface area contributed by atoms with Crippen LogP contribution in [-0.4, -0.2) is 45.3 Å². The lowest BCUT2D eigenvalue weighted by Gasteiger charge is -2.22. The molecular weight excluding hydrogens is 314 g/mol. The monoisotopic (exact) mass is 341 g/mol. The van der Waals surface area contributed by atoms with Crippen molar-refractivity contribution in [1.82, 2.24) is 10.2 Å². The van der Waals surface area contributed by atoms with Crippen LogP contribution in [0.2, 0.25) is 0 Å². The summed E-state index contributed by atoms with van der Waals surface area (Å²) in [4.78, 5) is 6.47. The summed E-state index contributed by atoms with van der Waals surface area (Å²) in [7, 11) is 5.51. The van der Waals surface area contributed by atoms with Crippen molar-refractivity contribution in [3.05, 3.63) is 65.7 Å². The van der Waals surface area contributed by atoms with Crippen LogP contribution in [0.4, 0.5) is 0 Å². The van der Waals surface area contributed by atoms with E-state index in [1.165, 1.54) is 11.1 Å². The minimum absolute atomic E-state index is 0.561. The van der Waals surface area contributed by atoms with Gasteiger partial charge in [-0.05, 0) is 23.3 Å². The Bertz CT molecular complexity index is 642. The van der Waals surface area contributed by atoms with E-state index in [9.17, 15) is 0 Å². The number of hydrogen-bond acceptors (Lipinski definition) is 3. The summed E-state index contributed by atoms with van der Waals surface area (Å²) in [5.74, 6) is 1.72. The molecule has 0 aromatic heterocycles. The van der Waals surface area contributed by atoms with Crippen LogP contribution >= 0.6 is 0 Å². The lowest BCUT2D eigenvalue weighted by molar-refractivity contribution is 0.146. The molecule has 0 spiro atoms. The Morgan fingerprint density at radius 2 is 1.72 bits per heavy atom. The summed E-state index contributed by atoms with van der Waals surface area (Å²) < 4.78 is 10.6. The highest BCUT2D eigenvalue weighted by molar-refractivity contribution is 5.79. The predicted molar refractivity (Wildman–Crippen MR) is 102 cm³/mol. The first kappa shape index (κ1) is 18.8. The normalized spacial score (nSPS) is 11.2. The maximum absolute atomic E-state index is 5.58. The zero-order chi connectivity index (χ0) is 17.9. The van der Waals surface area contributed by atoms with Gasteiger partial charge in [0.25, 0.3) is 0 Å². The SMILES string of the molecule is CN=C(NCc1ccc(OCCOC)cc1)N(C)Cc1ccccc1. The minimum atomic E-state index is 0.561. The Hall–Kier alpha value is -2.53. The number of aliphatic imine (C=N–C) groups is 1. The molecule has 2 aromatic carbocycles. The van der Waals surface area contributed by atoms with Crippen molar-refractivity contribution < 1.29 is 9.47 Å². The summed E-state index contributed by atoms with van der Waals surface area (Å²) in [6.07, 6.45) is 0. The average molecular weight is 341 g/mol. The number of hydrogen-bond donors (Lipinski definition) is 1. The van der Waals surface area contributed by atoms with Gasteiger partial charge in [-0.25, -0.2) is 0 Å². The molecule has 0 amide bonds. The lowest BCUT2D eigenvalue weighted by Crippen LogP contribution is -2.38. The van der Waals surface area contributed by atoms with Gasteiger partial charge in [0.05, 0.1) is 6.61 Å². The van der Waals surface area contributed by atoms with Crippen LogP contribution in [0.25, 0.3) is 0 Å². The lowest BCUT2D eigenvalue weighted by atomic mass is 10.2. The Balaban J connectivity index is 1.83. The van der Waals surface area contributed by atoms with Crippen molar-refractivity contribution in [3.63, 3.8) is 0 Å². The molecule has 2 aromatic rings. The summed E-state index contributed by atoms with van der Waals surface area (Å²) in [6, 6.07) is 18.4. The second-order valence-electron chi connectivity index (χ2n) is 5.73. The summed E-state index contributed by atoms with van der Waals surface area (Å²) >= 11 is 0. The van der Waals surface area contributed by atoms with Crippen molar-refractivity contribution in [1.29, 1.82) is 0 Å². The molecule has 25 heavy (non-hydrogen) atoms. The Morgan fingerprint density at radius 3 is 2.36 bits per heavy atom. The number of rotatable bonds is 8. The molecule has 5 heteroatoms. The molecule has 0 bridgehead atoms. The van der Waals surface area contributed by atoms with Gasteiger partial charge in [0.1, 0.15) is 12.4 Å². The summed E-state index contributed by atoms with van der Waals surface area (Å²) in [5.41, 5.74) is 2.43. The van der Waals surface area contributed by atoms with E-state index in [0.29, 0.717) is 19.8 Å². The average Bonchev–Trinajstić information content (AvgIpc) is 2.64. The molecule has 0 aliphatic carbocycles.